The highest BCUT2D eigenvalue weighted by Gasteiger charge is 2.32. The molecule has 1 fully saturated rings. The Balaban J connectivity index is 1.29. The van der Waals surface area contributed by atoms with E-state index >= 15 is 0 Å². The van der Waals surface area contributed by atoms with E-state index in [1.165, 1.54) is 0 Å². The number of rotatable bonds is 7. The Morgan fingerprint density at radius 2 is 2.08 bits per heavy atom. The lowest BCUT2D eigenvalue weighted by Gasteiger charge is -2.38. The number of anilines is 1. The van der Waals surface area contributed by atoms with Gasteiger partial charge in [0.2, 0.25) is 0 Å². The van der Waals surface area contributed by atoms with Gasteiger partial charge in [-0.1, -0.05) is 26.8 Å². The minimum Gasteiger partial charge on any atom is -0.494 e. The second-order valence-corrected chi connectivity index (χ2v) is 11.0. The summed E-state index contributed by atoms with van der Waals surface area (Å²) in [6.45, 7) is 9.01. The van der Waals surface area contributed by atoms with Crippen molar-refractivity contribution >= 4 is 28.0 Å². The number of fused-ring (bicyclic) bond motifs is 2. The fraction of sp³-hybridized carbons (Fsp3) is 0.464. The van der Waals surface area contributed by atoms with Crippen molar-refractivity contribution in [3.05, 3.63) is 47.4 Å². The van der Waals surface area contributed by atoms with Gasteiger partial charge in [0.15, 0.2) is 17.0 Å². The summed E-state index contributed by atoms with van der Waals surface area (Å²) in [6.07, 6.45) is 7.42. The fourth-order valence-corrected chi connectivity index (χ4v) is 5.80. The number of aryl methyl sites for hydroxylation is 2. The highest BCUT2D eigenvalue weighted by atomic mass is 16.5. The lowest BCUT2D eigenvalue weighted by atomic mass is 9.93. The molecule has 2 unspecified atom stereocenters. The van der Waals surface area contributed by atoms with E-state index in [1.54, 1.807) is 13.4 Å². The fourth-order valence-electron chi connectivity index (χ4n) is 5.80. The maximum absolute atomic E-state index is 13.0. The third kappa shape index (κ3) is 4.35. The average molecular weight is 530 g/mol. The number of benzene rings is 1. The van der Waals surface area contributed by atoms with E-state index in [1.807, 2.05) is 45.3 Å². The SMILES string of the molecule is COc1cccc2c1[nH]c(=O)n2C1CCN(c2ncnc3c2nc(-c2cnn(CCC(C)C)c2)n3C)CC1C. The maximum Gasteiger partial charge on any atom is 0.326 e. The molecule has 204 valence electrons. The largest absolute Gasteiger partial charge is 0.494 e. The third-order valence-corrected chi connectivity index (χ3v) is 7.89. The molecule has 2 atom stereocenters. The van der Waals surface area contributed by atoms with E-state index in [0.29, 0.717) is 11.7 Å². The molecule has 6 rings (SSSR count). The Hall–Kier alpha value is -4.15. The predicted molar refractivity (Wildman–Crippen MR) is 151 cm³/mol. The van der Waals surface area contributed by atoms with Gasteiger partial charge in [-0.3, -0.25) is 9.25 Å². The Morgan fingerprint density at radius 3 is 2.85 bits per heavy atom. The molecule has 0 spiro atoms. The van der Waals surface area contributed by atoms with Crippen LogP contribution in [0.25, 0.3) is 33.6 Å². The highest BCUT2D eigenvalue weighted by Crippen LogP contribution is 2.35. The summed E-state index contributed by atoms with van der Waals surface area (Å²) in [6, 6.07) is 5.83. The van der Waals surface area contributed by atoms with Gasteiger partial charge in [-0.15, -0.1) is 0 Å². The zero-order valence-electron chi connectivity index (χ0n) is 23.1. The summed E-state index contributed by atoms with van der Waals surface area (Å²) < 4.78 is 11.4. The first-order valence-corrected chi connectivity index (χ1v) is 13.6. The number of aromatic amines is 1. The van der Waals surface area contributed by atoms with Crippen LogP contribution >= 0.6 is 0 Å². The lowest BCUT2D eigenvalue weighted by Crippen LogP contribution is -2.42. The molecular weight excluding hydrogens is 494 g/mol. The smallest absolute Gasteiger partial charge is 0.326 e. The van der Waals surface area contributed by atoms with Crippen LogP contribution in [-0.4, -0.2) is 59.0 Å². The molecule has 39 heavy (non-hydrogen) atoms. The van der Waals surface area contributed by atoms with Gasteiger partial charge in [-0.25, -0.2) is 19.7 Å². The molecule has 11 nitrogen and oxygen atoms in total. The molecule has 0 amide bonds. The van der Waals surface area contributed by atoms with Crippen molar-refractivity contribution in [2.45, 2.75) is 46.2 Å². The number of piperidine rings is 1. The molecule has 0 saturated carbocycles. The van der Waals surface area contributed by atoms with Crippen LogP contribution in [0.5, 0.6) is 5.75 Å². The summed E-state index contributed by atoms with van der Waals surface area (Å²) in [7, 11) is 3.61. The van der Waals surface area contributed by atoms with Crippen LogP contribution in [0, 0.1) is 11.8 Å². The molecule has 5 aromatic rings. The monoisotopic (exact) mass is 529 g/mol. The number of nitrogens with zero attached hydrogens (tertiary/aromatic N) is 8. The molecule has 1 aliphatic heterocycles. The van der Waals surface area contributed by atoms with Gasteiger partial charge in [-0.2, -0.15) is 5.10 Å². The van der Waals surface area contributed by atoms with E-state index in [0.717, 1.165) is 71.9 Å². The van der Waals surface area contributed by atoms with E-state index in [-0.39, 0.29) is 17.6 Å². The quantitative estimate of drug-likeness (QED) is 0.339. The van der Waals surface area contributed by atoms with Crippen molar-refractivity contribution in [2.24, 2.45) is 18.9 Å². The first-order valence-electron chi connectivity index (χ1n) is 13.6. The molecule has 11 heteroatoms. The van der Waals surface area contributed by atoms with Crippen LogP contribution in [0.15, 0.2) is 41.7 Å². The van der Waals surface area contributed by atoms with Crippen LogP contribution in [0.2, 0.25) is 0 Å². The molecule has 0 aliphatic carbocycles. The first-order chi connectivity index (χ1) is 18.9. The van der Waals surface area contributed by atoms with Gasteiger partial charge < -0.3 is 19.2 Å². The molecule has 0 bridgehead atoms. The standard InChI is InChI=1S/C28H35N9O2/c1-17(2)9-12-36-15-19(13-31-36)25-32-24-26(34(25)4)29-16-30-27(24)35-11-10-20(18(3)14-35)37-21-7-6-8-22(39-5)23(21)33-28(37)38/h6-8,13,15-18,20H,9-12,14H2,1-5H3,(H,33,38). The van der Waals surface area contributed by atoms with Gasteiger partial charge in [0.25, 0.3) is 0 Å². The van der Waals surface area contributed by atoms with Crippen LogP contribution in [-0.2, 0) is 13.6 Å². The minimum absolute atomic E-state index is 0.0582. The van der Waals surface area contributed by atoms with Gasteiger partial charge >= 0.3 is 5.69 Å². The topological polar surface area (TPSA) is 112 Å². The number of methoxy groups -OCH3 is 1. The second-order valence-electron chi connectivity index (χ2n) is 11.0. The zero-order chi connectivity index (χ0) is 27.3. The van der Waals surface area contributed by atoms with E-state index < -0.39 is 0 Å². The number of aromatic nitrogens is 8. The summed E-state index contributed by atoms with van der Waals surface area (Å²) >= 11 is 0. The van der Waals surface area contributed by atoms with E-state index in [9.17, 15) is 4.79 Å². The second kappa shape index (κ2) is 9.87. The van der Waals surface area contributed by atoms with Crippen LogP contribution < -0.4 is 15.3 Å². The van der Waals surface area contributed by atoms with Crippen LogP contribution in [0.3, 0.4) is 0 Å². The number of H-pyrrole nitrogens is 1. The zero-order valence-corrected chi connectivity index (χ0v) is 23.1. The predicted octanol–water partition coefficient (Wildman–Crippen LogP) is 4.01. The van der Waals surface area contributed by atoms with E-state index in [4.69, 9.17) is 9.72 Å². The molecule has 1 saturated heterocycles. The molecule has 0 radical (unpaired) electrons. The van der Waals surface area contributed by atoms with Crippen molar-refractivity contribution in [2.75, 3.05) is 25.1 Å². The number of imidazole rings is 2. The number of para-hydroxylation sites is 1. The molecule has 4 aromatic heterocycles. The Morgan fingerprint density at radius 1 is 1.23 bits per heavy atom. The molecule has 5 heterocycles. The number of nitrogens with one attached hydrogen (secondary N) is 1. The minimum atomic E-state index is -0.104. The summed E-state index contributed by atoms with van der Waals surface area (Å²) in [5.41, 5.74) is 4.05. The van der Waals surface area contributed by atoms with Crippen LogP contribution in [0.4, 0.5) is 5.82 Å². The summed E-state index contributed by atoms with van der Waals surface area (Å²) in [5, 5.41) is 4.55. The molecule has 1 N–H and O–H groups in total. The Bertz CT molecular complexity index is 1690. The summed E-state index contributed by atoms with van der Waals surface area (Å²) in [4.78, 5) is 32.5. The normalized spacial score (nSPS) is 18.1. The van der Waals surface area contributed by atoms with Crippen molar-refractivity contribution in [1.29, 1.82) is 0 Å². The van der Waals surface area contributed by atoms with Gasteiger partial charge in [0.05, 0.1) is 24.4 Å². The average Bonchev–Trinajstić information content (AvgIpc) is 3.62. The molecular formula is C28H35N9O2. The molecule has 1 aromatic carbocycles. The Kier molecular flexibility index (Phi) is 6.36. The van der Waals surface area contributed by atoms with Crippen LogP contribution in [0.1, 0.15) is 39.7 Å². The van der Waals surface area contributed by atoms with Gasteiger partial charge in [0.1, 0.15) is 23.4 Å². The molecule has 1 aliphatic rings. The van der Waals surface area contributed by atoms with Gasteiger partial charge in [0, 0.05) is 38.9 Å². The van der Waals surface area contributed by atoms with Crippen molar-refractivity contribution < 1.29 is 4.74 Å². The van der Waals surface area contributed by atoms with Crippen molar-refractivity contribution in [3.8, 4) is 17.1 Å². The maximum atomic E-state index is 13.0. The number of hydrogen-bond acceptors (Lipinski definition) is 7. The van der Waals surface area contributed by atoms with E-state index in [2.05, 4.69) is 51.9 Å². The highest BCUT2D eigenvalue weighted by molar-refractivity contribution is 5.87. The third-order valence-electron chi connectivity index (χ3n) is 7.89. The number of hydrogen-bond donors (Lipinski definition) is 1. The first kappa shape index (κ1) is 25.1. The summed E-state index contributed by atoms with van der Waals surface area (Å²) in [5.74, 6) is 3.15. The van der Waals surface area contributed by atoms with Crippen molar-refractivity contribution in [1.82, 2.24) is 38.9 Å². The lowest BCUT2D eigenvalue weighted by molar-refractivity contribution is 0.297. The Labute approximate surface area is 226 Å². The van der Waals surface area contributed by atoms with Gasteiger partial charge in [-0.05, 0) is 36.8 Å². The van der Waals surface area contributed by atoms with Crippen molar-refractivity contribution in [3.63, 3.8) is 0 Å². The number of ether oxygens (including phenoxy) is 1.